The third-order valence-electron chi connectivity index (χ3n) is 4.40. The Morgan fingerprint density at radius 3 is 2.64 bits per heavy atom. The lowest BCUT2D eigenvalue weighted by atomic mass is 10.2. The minimum Gasteiger partial charge on any atom is -0.378 e. The van der Waals surface area contributed by atoms with Crippen molar-refractivity contribution in [2.24, 2.45) is 0 Å². The van der Waals surface area contributed by atoms with Crippen molar-refractivity contribution in [3.05, 3.63) is 52.2 Å². The van der Waals surface area contributed by atoms with E-state index in [1.54, 1.807) is 11.0 Å². The van der Waals surface area contributed by atoms with Gasteiger partial charge in [-0.1, -0.05) is 30.3 Å². The average molecular weight is 397 g/mol. The van der Waals surface area contributed by atoms with E-state index in [0.717, 1.165) is 10.4 Å². The van der Waals surface area contributed by atoms with E-state index in [-0.39, 0.29) is 18.2 Å². The average Bonchev–Trinajstić information content (AvgIpc) is 3.39. The molecule has 1 aliphatic heterocycles. The fraction of sp³-hybridized carbons (Fsp3) is 0.316. The summed E-state index contributed by atoms with van der Waals surface area (Å²) in [7, 11) is 0. The second-order valence-electron chi connectivity index (χ2n) is 6.37. The Kier molecular flexibility index (Phi) is 5.54. The summed E-state index contributed by atoms with van der Waals surface area (Å²) in [5, 5.41) is 12.2. The monoisotopic (exact) mass is 397 g/mol. The molecular weight excluding hydrogens is 378 g/mol. The fourth-order valence-corrected chi connectivity index (χ4v) is 3.84. The number of hydrogen-bond acceptors (Lipinski definition) is 7. The minimum atomic E-state index is -0.105. The summed E-state index contributed by atoms with van der Waals surface area (Å²) in [6.45, 7) is 2.41. The number of morpholine rings is 1. The zero-order chi connectivity index (χ0) is 19.3. The predicted molar refractivity (Wildman–Crippen MR) is 103 cm³/mol. The molecule has 1 aromatic carbocycles. The van der Waals surface area contributed by atoms with Gasteiger partial charge in [0, 0.05) is 23.5 Å². The molecular formula is C19H19N5O3S. The Balaban J connectivity index is 1.37. The van der Waals surface area contributed by atoms with Crippen LogP contribution in [0.1, 0.15) is 14.5 Å². The lowest BCUT2D eigenvalue weighted by Crippen LogP contribution is -2.41. The van der Waals surface area contributed by atoms with E-state index in [9.17, 15) is 9.59 Å². The number of carbonyl (C=O) groups excluding carboxylic acids is 2. The second-order valence-corrected chi connectivity index (χ2v) is 7.54. The first-order chi connectivity index (χ1) is 13.7. The Morgan fingerprint density at radius 2 is 1.86 bits per heavy atom. The lowest BCUT2D eigenvalue weighted by Gasteiger charge is -2.26. The third kappa shape index (κ3) is 4.32. The number of thiophene rings is 1. The van der Waals surface area contributed by atoms with Crippen molar-refractivity contribution in [2.75, 3.05) is 26.3 Å². The summed E-state index contributed by atoms with van der Waals surface area (Å²) in [6, 6.07) is 13.1. The van der Waals surface area contributed by atoms with Gasteiger partial charge in [-0.25, -0.2) is 0 Å². The normalized spacial score (nSPS) is 14.2. The molecule has 1 saturated heterocycles. The molecule has 1 amide bonds. The van der Waals surface area contributed by atoms with E-state index in [1.807, 2.05) is 36.4 Å². The number of ether oxygens (including phenoxy) is 1. The Bertz CT molecular complexity index is 963. The van der Waals surface area contributed by atoms with E-state index in [1.165, 1.54) is 16.1 Å². The van der Waals surface area contributed by atoms with Gasteiger partial charge in [-0.05, 0) is 17.3 Å². The summed E-state index contributed by atoms with van der Waals surface area (Å²) < 4.78 is 5.27. The Morgan fingerprint density at radius 1 is 1.07 bits per heavy atom. The van der Waals surface area contributed by atoms with Gasteiger partial charge in [-0.3, -0.25) is 9.59 Å². The van der Waals surface area contributed by atoms with Crippen molar-refractivity contribution < 1.29 is 14.3 Å². The lowest BCUT2D eigenvalue weighted by molar-refractivity contribution is -0.134. The zero-order valence-corrected chi connectivity index (χ0v) is 16.0. The summed E-state index contributed by atoms with van der Waals surface area (Å²) in [6.07, 6.45) is 0.303. The molecule has 0 N–H and O–H groups in total. The summed E-state index contributed by atoms with van der Waals surface area (Å²) in [4.78, 5) is 29.4. The van der Waals surface area contributed by atoms with Crippen LogP contribution in [-0.4, -0.2) is 63.1 Å². The molecule has 2 aromatic heterocycles. The van der Waals surface area contributed by atoms with Crippen LogP contribution in [0.3, 0.4) is 0 Å². The summed E-state index contributed by atoms with van der Waals surface area (Å²) in [5.41, 5.74) is 0.848. The van der Waals surface area contributed by atoms with Crippen molar-refractivity contribution in [2.45, 2.75) is 13.0 Å². The number of Topliss-reactive ketones (excluding diaryl/α,β-unsaturated/α-hetero) is 1. The Labute approximate surface area is 165 Å². The van der Waals surface area contributed by atoms with Crippen LogP contribution in [0.15, 0.2) is 42.5 Å². The number of ketones is 1. The van der Waals surface area contributed by atoms with Crippen LogP contribution in [0.5, 0.6) is 0 Å². The van der Waals surface area contributed by atoms with Crippen LogP contribution >= 0.6 is 11.3 Å². The van der Waals surface area contributed by atoms with Gasteiger partial charge in [0.15, 0.2) is 5.78 Å². The van der Waals surface area contributed by atoms with Gasteiger partial charge in [0.1, 0.15) is 6.54 Å². The highest BCUT2D eigenvalue weighted by Crippen LogP contribution is 2.19. The van der Waals surface area contributed by atoms with E-state index >= 15 is 0 Å². The highest BCUT2D eigenvalue weighted by atomic mass is 32.1. The van der Waals surface area contributed by atoms with Crippen molar-refractivity contribution in [1.29, 1.82) is 0 Å². The van der Waals surface area contributed by atoms with Crippen LogP contribution in [0.25, 0.3) is 11.4 Å². The third-order valence-corrected chi connectivity index (χ3v) is 5.52. The molecule has 144 valence electrons. The van der Waals surface area contributed by atoms with E-state index in [4.69, 9.17) is 4.74 Å². The number of amides is 1. The van der Waals surface area contributed by atoms with Gasteiger partial charge in [-0.2, -0.15) is 4.80 Å². The molecule has 8 nitrogen and oxygen atoms in total. The smallest absolute Gasteiger partial charge is 0.227 e. The zero-order valence-electron chi connectivity index (χ0n) is 15.2. The maximum atomic E-state index is 12.5. The largest absolute Gasteiger partial charge is 0.378 e. The van der Waals surface area contributed by atoms with Crippen LogP contribution in [0.2, 0.25) is 0 Å². The quantitative estimate of drug-likeness (QED) is 0.588. The number of tetrazole rings is 1. The minimum absolute atomic E-state index is 0.0111. The first-order valence-electron chi connectivity index (χ1n) is 9.00. The maximum absolute atomic E-state index is 12.5. The second kappa shape index (κ2) is 8.41. The molecule has 0 aliphatic carbocycles. The van der Waals surface area contributed by atoms with Gasteiger partial charge in [0.25, 0.3) is 0 Å². The number of nitrogens with zero attached hydrogens (tertiary/aromatic N) is 5. The molecule has 1 fully saturated rings. The number of benzene rings is 1. The molecule has 9 heteroatoms. The molecule has 0 saturated carbocycles. The Hall–Kier alpha value is -2.91. The van der Waals surface area contributed by atoms with Gasteiger partial charge in [0.05, 0.1) is 24.5 Å². The number of hydrogen-bond donors (Lipinski definition) is 0. The summed E-state index contributed by atoms with van der Waals surface area (Å²) >= 11 is 1.34. The molecule has 0 atom stereocenters. The van der Waals surface area contributed by atoms with Crippen molar-refractivity contribution in [3.8, 4) is 11.4 Å². The topological polar surface area (TPSA) is 90.2 Å². The van der Waals surface area contributed by atoms with Crippen molar-refractivity contribution in [1.82, 2.24) is 25.1 Å². The van der Waals surface area contributed by atoms with Crippen LogP contribution in [0, 0.1) is 0 Å². The number of carbonyl (C=O) groups is 2. The number of aromatic nitrogens is 4. The molecule has 0 spiro atoms. The van der Waals surface area contributed by atoms with Crippen molar-refractivity contribution >= 4 is 23.0 Å². The van der Waals surface area contributed by atoms with Gasteiger partial charge >= 0.3 is 0 Å². The molecule has 3 heterocycles. The van der Waals surface area contributed by atoms with Gasteiger partial charge in [-0.15, -0.1) is 21.5 Å². The van der Waals surface area contributed by atoms with Gasteiger partial charge in [0.2, 0.25) is 11.7 Å². The maximum Gasteiger partial charge on any atom is 0.227 e. The first-order valence-corrected chi connectivity index (χ1v) is 9.81. The first kappa shape index (κ1) is 18.5. The van der Waals surface area contributed by atoms with E-state index in [2.05, 4.69) is 15.4 Å². The fourth-order valence-electron chi connectivity index (χ4n) is 2.92. The summed E-state index contributed by atoms with van der Waals surface area (Å²) in [5.74, 6) is 0.443. The highest BCUT2D eigenvalue weighted by molar-refractivity contribution is 7.14. The molecule has 0 bridgehead atoms. The standard InChI is InChI=1S/C19H19N5O3S/c25-16(13-24-21-19(20-22-24)14-4-2-1-3-5-14)17-7-6-15(28-17)12-18(26)23-8-10-27-11-9-23/h1-7H,8-13H2. The van der Waals surface area contributed by atoms with Crippen LogP contribution in [-0.2, 0) is 22.5 Å². The van der Waals surface area contributed by atoms with E-state index in [0.29, 0.717) is 43.4 Å². The van der Waals surface area contributed by atoms with Crippen LogP contribution in [0.4, 0.5) is 0 Å². The molecule has 1 aliphatic rings. The molecule has 0 unspecified atom stereocenters. The molecule has 0 radical (unpaired) electrons. The van der Waals surface area contributed by atoms with Gasteiger partial charge < -0.3 is 9.64 Å². The molecule has 28 heavy (non-hydrogen) atoms. The SMILES string of the molecule is O=C(Cn1nnc(-c2ccccc2)n1)c1ccc(CC(=O)N2CCOCC2)s1. The van der Waals surface area contributed by atoms with Crippen molar-refractivity contribution in [3.63, 3.8) is 0 Å². The van der Waals surface area contributed by atoms with E-state index < -0.39 is 0 Å². The predicted octanol–water partition coefficient (Wildman–Crippen LogP) is 1.69. The number of rotatable bonds is 6. The molecule has 4 rings (SSSR count). The molecule has 3 aromatic rings. The van der Waals surface area contributed by atoms with Crippen LogP contribution < -0.4 is 0 Å². The highest BCUT2D eigenvalue weighted by Gasteiger charge is 2.19.